The molecule has 3 aromatic rings. The fourth-order valence-electron chi connectivity index (χ4n) is 4.38. The molecule has 8 nitrogen and oxygen atoms in total. The number of para-hydroxylation sites is 1. The first kappa shape index (κ1) is 23.7. The Bertz CT molecular complexity index is 1240. The number of ketones is 1. The van der Waals surface area contributed by atoms with Crippen molar-refractivity contribution in [3.05, 3.63) is 63.3 Å². The number of amides is 2. The molecule has 35 heavy (non-hydrogen) atoms. The van der Waals surface area contributed by atoms with Gasteiger partial charge in [0, 0.05) is 37.5 Å². The predicted octanol–water partition coefficient (Wildman–Crippen LogP) is 3.72. The third kappa shape index (κ3) is 4.73. The summed E-state index contributed by atoms with van der Waals surface area (Å²) >= 11 is 2.62. The molecule has 2 unspecified atom stereocenters. The lowest BCUT2D eigenvalue weighted by atomic mass is 10.1. The van der Waals surface area contributed by atoms with Crippen LogP contribution >= 0.6 is 22.7 Å². The number of thiazole rings is 1. The molecule has 2 aromatic heterocycles. The van der Waals surface area contributed by atoms with Gasteiger partial charge in [-0.2, -0.15) is 0 Å². The second-order valence-electron chi connectivity index (χ2n) is 8.84. The maximum absolute atomic E-state index is 13.3. The van der Waals surface area contributed by atoms with E-state index in [0.29, 0.717) is 39.6 Å². The zero-order valence-corrected chi connectivity index (χ0v) is 21.2. The molecular formula is C25H26N4O4S2. The minimum Gasteiger partial charge on any atom is -0.475 e. The minimum absolute atomic E-state index is 0.0277. The molecule has 2 atom stereocenters. The largest absolute Gasteiger partial charge is 0.475 e. The summed E-state index contributed by atoms with van der Waals surface area (Å²) in [5.74, 6) is 0.215. The van der Waals surface area contributed by atoms with Gasteiger partial charge in [-0.1, -0.05) is 18.2 Å². The van der Waals surface area contributed by atoms with E-state index in [4.69, 9.17) is 4.74 Å². The van der Waals surface area contributed by atoms with Gasteiger partial charge in [0.2, 0.25) is 17.8 Å². The number of aromatic nitrogens is 1. The number of rotatable bonds is 7. The van der Waals surface area contributed by atoms with Crippen LogP contribution in [0.4, 0.5) is 5.13 Å². The van der Waals surface area contributed by atoms with Crippen molar-refractivity contribution >= 4 is 45.4 Å². The topological polar surface area (TPSA) is 83.1 Å². The molecule has 0 N–H and O–H groups in total. The minimum atomic E-state index is -0.828. The van der Waals surface area contributed by atoms with E-state index in [9.17, 15) is 14.4 Å². The number of likely N-dealkylation sites (tertiary alicyclic amines) is 1. The van der Waals surface area contributed by atoms with Gasteiger partial charge in [-0.05, 0) is 44.1 Å². The van der Waals surface area contributed by atoms with E-state index in [1.54, 1.807) is 34.5 Å². The number of fused-ring (bicyclic) bond motifs is 1. The van der Waals surface area contributed by atoms with E-state index in [1.165, 1.54) is 22.7 Å². The quantitative estimate of drug-likeness (QED) is 0.482. The first-order valence-electron chi connectivity index (χ1n) is 11.5. The highest BCUT2D eigenvalue weighted by atomic mass is 32.1. The van der Waals surface area contributed by atoms with Crippen molar-refractivity contribution in [2.75, 3.05) is 38.6 Å². The van der Waals surface area contributed by atoms with Crippen molar-refractivity contribution in [2.45, 2.75) is 25.0 Å². The number of likely N-dealkylation sites (N-methyl/N-ethyl adjacent to an activating group) is 1. The van der Waals surface area contributed by atoms with E-state index in [-0.39, 0.29) is 30.6 Å². The zero-order chi connectivity index (χ0) is 24.5. The Morgan fingerprint density at radius 1 is 1.17 bits per heavy atom. The molecule has 1 fully saturated rings. The van der Waals surface area contributed by atoms with E-state index >= 15 is 0 Å². The van der Waals surface area contributed by atoms with Crippen molar-refractivity contribution in [1.29, 1.82) is 0 Å². The van der Waals surface area contributed by atoms with Gasteiger partial charge in [0.15, 0.2) is 5.13 Å². The number of anilines is 1. The Morgan fingerprint density at radius 3 is 2.71 bits per heavy atom. The molecule has 4 heterocycles. The number of thiophene rings is 1. The number of hydrogen-bond donors (Lipinski definition) is 0. The van der Waals surface area contributed by atoms with Crippen LogP contribution in [0.1, 0.15) is 44.7 Å². The summed E-state index contributed by atoms with van der Waals surface area (Å²) in [7, 11) is 4.05. The fourth-order valence-corrected chi connectivity index (χ4v) is 5.92. The average molecular weight is 511 g/mol. The Labute approximate surface area is 211 Å². The van der Waals surface area contributed by atoms with E-state index < -0.39 is 6.10 Å². The third-order valence-corrected chi connectivity index (χ3v) is 8.16. The van der Waals surface area contributed by atoms with Gasteiger partial charge in [0.25, 0.3) is 5.91 Å². The summed E-state index contributed by atoms with van der Waals surface area (Å²) in [6.07, 6.45) is 0.325. The molecule has 2 aliphatic rings. The molecule has 5 rings (SSSR count). The van der Waals surface area contributed by atoms with Gasteiger partial charge < -0.3 is 14.5 Å². The molecule has 10 heteroatoms. The summed E-state index contributed by atoms with van der Waals surface area (Å²) in [6.45, 7) is 1.64. The predicted molar refractivity (Wildman–Crippen MR) is 136 cm³/mol. The number of Topliss-reactive ketones (excluding diaryl/α,β-unsaturated/α-hetero) is 1. The summed E-state index contributed by atoms with van der Waals surface area (Å²) in [5.41, 5.74) is 1.00. The summed E-state index contributed by atoms with van der Waals surface area (Å²) in [6, 6.07) is 11.1. The number of nitrogens with zero attached hydrogens (tertiary/aromatic N) is 4. The maximum atomic E-state index is 13.3. The Hall–Kier alpha value is -3.08. The zero-order valence-electron chi connectivity index (χ0n) is 19.5. The highest BCUT2D eigenvalue weighted by Gasteiger charge is 2.36. The van der Waals surface area contributed by atoms with Crippen LogP contribution in [0.3, 0.4) is 0 Å². The van der Waals surface area contributed by atoms with Crippen LogP contribution in [0.5, 0.6) is 5.75 Å². The summed E-state index contributed by atoms with van der Waals surface area (Å²) in [5, 5.41) is 4.05. The lowest BCUT2D eigenvalue weighted by molar-refractivity contribution is -0.130. The molecule has 0 saturated carbocycles. The SMILES string of the molecule is CN(C)C1CCN(C(=O)CCN(C(=O)c2cccs2)c2nc(C3Oc4ccccc4C3=O)cs2)C1. The second kappa shape index (κ2) is 9.88. The molecule has 182 valence electrons. The van der Waals surface area contributed by atoms with Crippen LogP contribution in [-0.2, 0) is 4.79 Å². The first-order chi connectivity index (χ1) is 16.9. The smallest absolute Gasteiger partial charge is 0.270 e. The monoisotopic (exact) mass is 510 g/mol. The molecule has 0 radical (unpaired) electrons. The van der Waals surface area contributed by atoms with Crippen LogP contribution in [0.2, 0.25) is 0 Å². The lowest BCUT2D eigenvalue weighted by Crippen LogP contribution is -2.38. The van der Waals surface area contributed by atoms with Gasteiger partial charge in [-0.15, -0.1) is 22.7 Å². The van der Waals surface area contributed by atoms with Gasteiger partial charge in [0.1, 0.15) is 11.4 Å². The highest BCUT2D eigenvalue weighted by molar-refractivity contribution is 7.14. The van der Waals surface area contributed by atoms with Crippen molar-refractivity contribution in [3.8, 4) is 5.75 Å². The summed E-state index contributed by atoms with van der Waals surface area (Å²) in [4.78, 5) is 49.8. The number of hydrogen-bond acceptors (Lipinski definition) is 8. The van der Waals surface area contributed by atoms with Gasteiger partial charge in [0.05, 0.1) is 10.4 Å². The lowest BCUT2D eigenvalue weighted by Gasteiger charge is -2.23. The number of carbonyl (C=O) groups excluding carboxylic acids is 3. The standard InChI is InChI=1S/C25H26N4O4S2/c1-27(2)16-9-11-28(14-16)21(30)10-12-29(24(32)20-8-5-13-34-20)25-26-18(15-35-25)23-22(31)17-6-3-4-7-19(17)33-23/h3-8,13,15-16,23H,9-12,14H2,1-2H3. The number of benzene rings is 1. The van der Waals surface area contributed by atoms with Gasteiger partial charge >= 0.3 is 0 Å². The van der Waals surface area contributed by atoms with Gasteiger partial charge in [-0.3, -0.25) is 19.3 Å². The average Bonchev–Trinajstić information content (AvgIpc) is 3.66. The van der Waals surface area contributed by atoms with Crippen LogP contribution in [0, 0.1) is 0 Å². The van der Waals surface area contributed by atoms with Crippen molar-refractivity contribution in [2.24, 2.45) is 0 Å². The Kier molecular flexibility index (Phi) is 6.68. The highest BCUT2D eigenvalue weighted by Crippen LogP contribution is 2.38. The molecule has 0 aliphatic carbocycles. The molecular weight excluding hydrogens is 484 g/mol. The fraction of sp³-hybridized carbons (Fsp3) is 0.360. The second-order valence-corrected chi connectivity index (χ2v) is 10.6. The van der Waals surface area contributed by atoms with E-state index in [0.717, 1.165) is 13.0 Å². The first-order valence-corrected chi connectivity index (χ1v) is 13.2. The molecule has 0 bridgehead atoms. The number of ether oxygens (including phenoxy) is 1. The van der Waals surface area contributed by atoms with Crippen molar-refractivity contribution in [1.82, 2.24) is 14.8 Å². The molecule has 1 saturated heterocycles. The Balaban J connectivity index is 1.33. The third-order valence-electron chi connectivity index (χ3n) is 6.42. The molecule has 0 spiro atoms. The Morgan fingerprint density at radius 2 is 2.00 bits per heavy atom. The van der Waals surface area contributed by atoms with Crippen LogP contribution in [-0.4, -0.2) is 72.2 Å². The molecule has 2 aliphatic heterocycles. The van der Waals surface area contributed by atoms with Crippen LogP contribution in [0.25, 0.3) is 0 Å². The summed E-state index contributed by atoms with van der Waals surface area (Å²) < 4.78 is 5.85. The maximum Gasteiger partial charge on any atom is 0.270 e. The molecule has 1 aromatic carbocycles. The van der Waals surface area contributed by atoms with Crippen molar-refractivity contribution < 1.29 is 19.1 Å². The van der Waals surface area contributed by atoms with Crippen LogP contribution in [0.15, 0.2) is 47.2 Å². The van der Waals surface area contributed by atoms with Crippen molar-refractivity contribution in [3.63, 3.8) is 0 Å². The van der Waals surface area contributed by atoms with Crippen LogP contribution < -0.4 is 9.64 Å². The van der Waals surface area contributed by atoms with E-state index in [2.05, 4.69) is 9.88 Å². The molecule has 2 amide bonds. The normalized spacial score (nSPS) is 19.2. The van der Waals surface area contributed by atoms with E-state index in [1.807, 2.05) is 36.5 Å². The number of carbonyl (C=O) groups is 3. The van der Waals surface area contributed by atoms with Gasteiger partial charge in [-0.25, -0.2) is 4.98 Å².